The molecule has 0 aliphatic carbocycles. The molecule has 0 radical (unpaired) electrons. The molecule has 90 valence electrons. The molecule has 2 N–H and O–H groups in total. The second-order valence-electron chi connectivity index (χ2n) is 4.71. The van der Waals surface area contributed by atoms with Crippen molar-refractivity contribution in [1.29, 1.82) is 0 Å². The maximum Gasteiger partial charge on any atom is 0.291 e. The summed E-state index contributed by atoms with van der Waals surface area (Å²) >= 11 is 0. The van der Waals surface area contributed by atoms with Gasteiger partial charge in [0.05, 0.1) is 0 Å². The second kappa shape index (κ2) is 5.09. The van der Waals surface area contributed by atoms with E-state index in [4.69, 9.17) is 0 Å². The Balaban J connectivity index is 2.66. The third-order valence-electron chi connectivity index (χ3n) is 2.61. The molecule has 1 aromatic heterocycles. The smallest absolute Gasteiger partial charge is 0.291 e. The zero-order valence-electron chi connectivity index (χ0n) is 10.5. The molecule has 0 bridgehead atoms. The van der Waals surface area contributed by atoms with Crippen molar-refractivity contribution in [3.05, 3.63) is 11.6 Å². The molecule has 0 aliphatic heterocycles. The van der Waals surface area contributed by atoms with E-state index in [-0.39, 0.29) is 23.7 Å². The maximum atomic E-state index is 11.7. The second-order valence-corrected chi connectivity index (χ2v) is 4.71. The van der Waals surface area contributed by atoms with Gasteiger partial charge in [-0.15, -0.1) is 5.10 Å². The van der Waals surface area contributed by atoms with E-state index in [1.807, 2.05) is 20.8 Å². The van der Waals surface area contributed by atoms with E-state index >= 15 is 0 Å². The minimum absolute atomic E-state index is 0.119. The van der Waals surface area contributed by atoms with Gasteiger partial charge in [-0.3, -0.25) is 9.89 Å². The Morgan fingerprint density at radius 1 is 1.25 bits per heavy atom. The van der Waals surface area contributed by atoms with Crippen LogP contribution in [0.2, 0.25) is 0 Å². The number of aromatic amines is 1. The number of amides is 1. The van der Waals surface area contributed by atoms with Crippen LogP contribution in [0.4, 0.5) is 0 Å². The van der Waals surface area contributed by atoms with Gasteiger partial charge >= 0.3 is 0 Å². The van der Waals surface area contributed by atoms with Crippen LogP contribution in [-0.4, -0.2) is 27.1 Å². The lowest BCUT2D eigenvalue weighted by molar-refractivity contribution is 0.0920. The topological polar surface area (TPSA) is 70.7 Å². The predicted molar refractivity (Wildman–Crippen MR) is 62.2 cm³/mol. The van der Waals surface area contributed by atoms with Crippen molar-refractivity contribution in [1.82, 2.24) is 20.5 Å². The summed E-state index contributed by atoms with van der Waals surface area (Å²) in [7, 11) is 0. The van der Waals surface area contributed by atoms with E-state index in [1.54, 1.807) is 0 Å². The zero-order valence-corrected chi connectivity index (χ0v) is 10.5. The van der Waals surface area contributed by atoms with Gasteiger partial charge in [-0.1, -0.05) is 27.7 Å². The van der Waals surface area contributed by atoms with Crippen molar-refractivity contribution in [3.8, 4) is 0 Å². The summed E-state index contributed by atoms with van der Waals surface area (Å²) in [6.07, 6.45) is 0. The summed E-state index contributed by atoms with van der Waals surface area (Å²) in [4.78, 5) is 15.9. The average molecular weight is 224 g/mol. The molecule has 1 aromatic rings. The molecule has 1 unspecified atom stereocenters. The molecule has 0 fully saturated rings. The van der Waals surface area contributed by atoms with Crippen molar-refractivity contribution in [2.24, 2.45) is 5.92 Å². The number of rotatable bonds is 4. The van der Waals surface area contributed by atoms with E-state index in [9.17, 15) is 4.79 Å². The highest BCUT2D eigenvalue weighted by Crippen LogP contribution is 2.08. The van der Waals surface area contributed by atoms with Crippen molar-refractivity contribution >= 4 is 5.91 Å². The van der Waals surface area contributed by atoms with Crippen LogP contribution < -0.4 is 5.32 Å². The van der Waals surface area contributed by atoms with Crippen LogP contribution in [-0.2, 0) is 0 Å². The first-order valence-electron chi connectivity index (χ1n) is 5.65. The molecule has 0 aliphatic rings. The quantitative estimate of drug-likeness (QED) is 0.817. The van der Waals surface area contributed by atoms with Crippen molar-refractivity contribution in [2.75, 3.05) is 0 Å². The van der Waals surface area contributed by atoms with Crippen molar-refractivity contribution in [3.63, 3.8) is 0 Å². The number of carbonyl (C=O) groups is 1. The highest BCUT2D eigenvalue weighted by molar-refractivity contribution is 5.90. The summed E-state index contributed by atoms with van der Waals surface area (Å²) < 4.78 is 0. The van der Waals surface area contributed by atoms with E-state index in [0.717, 1.165) is 5.82 Å². The van der Waals surface area contributed by atoms with Crippen LogP contribution in [0.15, 0.2) is 0 Å². The number of aromatic nitrogens is 3. The van der Waals surface area contributed by atoms with E-state index < -0.39 is 0 Å². The molecule has 0 saturated heterocycles. The first kappa shape index (κ1) is 12.7. The Labute approximate surface area is 96.0 Å². The molecular weight excluding hydrogens is 204 g/mol. The molecule has 0 spiro atoms. The Kier molecular flexibility index (Phi) is 4.04. The number of carbonyl (C=O) groups excluding carboxylic acids is 1. The van der Waals surface area contributed by atoms with E-state index in [2.05, 4.69) is 34.3 Å². The van der Waals surface area contributed by atoms with E-state index in [1.165, 1.54) is 0 Å². The average Bonchev–Trinajstić information content (AvgIpc) is 2.65. The van der Waals surface area contributed by atoms with Gasteiger partial charge in [0.15, 0.2) is 0 Å². The molecule has 1 heterocycles. The Morgan fingerprint density at radius 3 is 2.31 bits per heavy atom. The highest BCUT2D eigenvalue weighted by atomic mass is 16.2. The molecule has 1 atom stereocenters. The van der Waals surface area contributed by atoms with Gasteiger partial charge in [-0.25, -0.2) is 4.98 Å². The van der Waals surface area contributed by atoms with Gasteiger partial charge in [-0.2, -0.15) is 0 Å². The Hall–Kier alpha value is -1.39. The van der Waals surface area contributed by atoms with Crippen LogP contribution in [0, 0.1) is 5.92 Å². The van der Waals surface area contributed by atoms with Crippen LogP contribution in [0.1, 0.15) is 57.0 Å². The standard InChI is InChI=1S/C11H20N4O/c1-6(2)8(5)12-11(16)10-13-9(7(3)4)14-15-10/h6-8H,1-5H3,(H,12,16)(H,13,14,15). The van der Waals surface area contributed by atoms with E-state index in [0.29, 0.717) is 5.92 Å². The normalized spacial score (nSPS) is 13.2. The fourth-order valence-electron chi connectivity index (χ4n) is 1.07. The molecule has 16 heavy (non-hydrogen) atoms. The van der Waals surface area contributed by atoms with Gasteiger partial charge < -0.3 is 5.32 Å². The number of nitrogens with one attached hydrogen (secondary N) is 2. The fraction of sp³-hybridized carbons (Fsp3) is 0.727. The molecule has 5 heteroatoms. The minimum atomic E-state index is -0.218. The lowest BCUT2D eigenvalue weighted by atomic mass is 10.1. The Bertz CT molecular complexity index is 357. The van der Waals surface area contributed by atoms with Crippen molar-refractivity contribution < 1.29 is 4.79 Å². The van der Waals surface area contributed by atoms with Gasteiger partial charge in [-0.05, 0) is 12.8 Å². The van der Waals surface area contributed by atoms with Crippen LogP contribution >= 0.6 is 0 Å². The summed E-state index contributed by atoms with van der Waals surface area (Å²) in [6, 6.07) is 0.119. The SMILES string of the molecule is CC(C)c1nc(C(=O)NC(C)C(C)C)n[nH]1. The lowest BCUT2D eigenvalue weighted by Crippen LogP contribution is -2.36. The molecular formula is C11H20N4O. The van der Waals surface area contributed by atoms with Gasteiger partial charge in [0.25, 0.3) is 5.91 Å². The number of nitrogens with zero attached hydrogens (tertiary/aromatic N) is 2. The number of H-pyrrole nitrogens is 1. The minimum Gasteiger partial charge on any atom is -0.347 e. The monoisotopic (exact) mass is 224 g/mol. The third kappa shape index (κ3) is 3.05. The molecule has 0 saturated carbocycles. The largest absolute Gasteiger partial charge is 0.347 e. The third-order valence-corrected chi connectivity index (χ3v) is 2.61. The molecule has 0 aromatic carbocycles. The summed E-state index contributed by atoms with van der Waals surface area (Å²) in [5, 5.41) is 9.53. The maximum absolute atomic E-state index is 11.7. The van der Waals surface area contributed by atoms with Gasteiger partial charge in [0, 0.05) is 12.0 Å². The lowest BCUT2D eigenvalue weighted by Gasteiger charge is -2.15. The first-order chi connectivity index (χ1) is 7.41. The highest BCUT2D eigenvalue weighted by Gasteiger charge is 2.17. The number of hydrogen-bond donors (Lipinski definition) is 2. The molecule has 1 amide bonds. The van der Waals surface area contributed by atoms with Crippen LogP contribution in [0.25, 0.3) is 0 Å². The first-order valence-corrected chi connectivity index (χ1v) is 5.65. The number of hydrogen-bond acceptors (Lipinski definition) is 3. The summed E-state index contributed by atoms with van der Waals surface area (Å²) in [5.41, 5.74) is 0. The van der Waals surface area contributed by atoms with Crippen LogP contribution in [0.3, 0.4) is 0 Å². The predicted octanol–water partition coefficient (Wildman–Crippen LogP) is 1.70. The summed E-state index contributed by atoms with van der Waals surface area (Å²) in [6.45, 7) is 10.1. The van der Waals surface area contributed by atoms with Crippen molar-refractivity contribution in [2.45, 2.75) is 46.6 Å². The van der Waals surface area contributed by atoms with Crippen LogP contribution in [0.5, 0.6) is 0 Å². The summed E-state index contributed by atoms with van der Waals surface area (Å²) in [5.74, 6) is 1.38. The fourth-order valence-corrected chi connectivity index (χ4v) is 1.07. The zero-order chi connectivity index (χ0) is 12.3. The van der Waals surface area contributed by atoms with Gasteiger partial charge in [0.2, 0.25) is 5.82 Å². The van der Waals surface area contributed by atoms with Gasteiger partial charge in [0.1, 0.15) is 5.82 Å². The molecule has 1 rings (SSSR count). The Morgan fingerprint density at radius 2 is 1.88 bits per heavy atom. The molecule has 5 nitrogen and oxygen atoms in total.